The average molecular weight is 278 g/mol. The van der Waals surface area contributed by atoms with Gasteiger partial charge in [-0.15, -0.1) is 11.6 Å². The molecule has 3 atom stereocenters. The second-order valence-electron chi connectivity index (χ2n) is 4.29. The Labute approximate surface area is 107 Å². The smallest absolute Gasteiger partial charge is 0.326 e. The Morgan fingerprint density at radius 1 is 1.28 bits per heavy atom. The number of rotatable bonds is 2. The van der Waals surface area contributed by atoms with E-state index >= 15 is 0 Å². The molecule has 2 rings (SSSR count). The van der Waals surface area contributed by atoms with Gasteiger partial charge in [0.1, 0.15) is 0 Å². The number of para-hydroxylation sites is 1. The number of nitrogens with one attached hydrogen (secondary N) is 1. The van der Waals surface area contributed by atoms with Crippen molar-refractivity contribution in [2.75, 3.05) is 5.32 Å². The maximum absolute atomic E-state index is 12.4. The van der Waals surface area contributed by atoms with Gasteiger partial charge in [0.2, 0.25) is 5.91 Å². The third kappa shape index (κ3) is 2.61. The Bertz CT molecular complexity index is 435. The zero-order valence-corrected chi connectivity index (χ0v) is 10.0. The van der Waals surface area contributed by atoms with Crippen LogP contribution in [0.3, 0.4) is 0 Å². The van der Waals surface area contributed by atoms with Crippen molar-refractivity contribution in [2.24, 2.45) is 11.8 Å². The largest absolute Gasteiger partial charge is 0.393 e. The minimum Gasteiger partial charge on any atom is -0.326 e. The average Bonchev–Trinajstić information content (AvgIpc) is 2.26. The van der Waals surface area contributed by atoms with Crippen LogP contribution in [0, 0.1) is 11.8 Å². The van der Waals surface area contributed by atoms with Gasteiger partial charge in [0.15, 0.2) is 0 Å². The van der Waals surface area contributed by atoms with E-state index in [1.54, 1.807) is 30.3 Å². The lowest BCUT2D eigenvalue weighted by Crippen LogP contribution is -2.51. The van der Waals surface area contributed by atoms with Crippen molar-refractivity contribution in [3.05, 3.63) is 30.3 Å². The molecule has 0 bridgehead atoms. The molecule has 1 amide bonds. The van der Waals surface area contributed by atoms with E-state index in [1.165, 1.54) is 0 Å². The lowest BCUT2D eigenvalue weighted by Gasteiger charge is -2.40. The quantitative estimate of drug-likeness (QED) is 0.825. The Balaban J connectivity index is 1.93. The highest BCUT2D eigenvalue weighted by molar-refractivity contribution is 6.23. The summed E-state index contributed by atoms with van der Waals surface area (Å²) >= 11 is 5.65. The zero-order chi connectivity index (χ0) is 13.3. The van der Waals surface area contributed by atoms with Crippen LogP contribution < -0.4 is 5.32 Å². The first-order valence-corrected chi connectivity index (χ1v) is 5.90. The van der Waals surface area contributed by atoms with Crippen molar-refractivity contribution in [3.63, 3.8) is 0 Å². The normalized spacial score (nSPS) is 27.4. The van der Waals surface area contributed by atoms with Gasteiger partial charge in [-0.25, -0.2) is 0 Å². The number of anilines is 1. The maximum Gasteiger partial charge on any atom is 0.393 e. The number of carbonyl (C=O) groups excluding carboxylic acids is 1. The number of carbonyl (C=O) groups is 1. The SMILES string of the molecule is O=C(Nc1ccccc1)C1CC(C(F)(F)F)C1Cl. The van der Waals surface area contributed by atoms with E-state index in [2.05, 4.69) is 5.32 Å². The van der Waals surface area contributed by atoms with Gasteiger partial charge < -0.3 is 5.32 Å². The standard InChI is InChI=1S/C12H11ClF3NO/c13-10-8(6-9(10)12(14,15)16)11(18)17-7-4-2-1-3-5-7/h1-5,8-10H,6H2,(H,17,18). The van der Waals surface area contributed by atoms with Gasteiger partial charge in [0.05, 0.1) is 17.2 Å². The molecule has 0 heterocycles. The summed E-state index contributed by atoms with van der Waals surface area (Å²) in [6.07, 6.45) is -4.56. The van der Waals surface area contributed by atoms with E-state index in [9.17, 15) is 18.0 Å². The van der Waals surface area contributed by atoms with Crippen LogP contribution in [0.4, 0.5) is 18.9 Å². The topological polar surface area (TPSA) is 29.1 Å². The minimum atomic E-state index is -4.32. The monoisotopic (exact) mass is 277 g/mol. The number of benzene rings is 1. The van der Waals surface area contributed by atoms with Crippen molar-refractivity contribution in [1.29, 1.82) is 0 Å². The summed E-state index contributed by atoms with van der Waals surface area (Å²) in [6.45, 7) is 0. The van der Waals surface area contributed by atoms with Crippen LogP contribution in [0.2, 0.25) is 0 Å². The van der Waals surface area contributed by atoms with Gasteiger partial charge in [-0.1, -0.05) is 18.2 Å². The predicted molar refractivity (Wildman–Crippen MR) is 62.4 cm³/mol. The van der Waals surface area contributed by atoms with Crippen molar-refractivity contribution < 1.29 is 18.0 Å². The summed E-state index contributed by atoms with van der Waals surface area (Å²) in [5.74, 6) is -2.81. The first-order valence-electron chi connectivity index (χ1n) is 5.46. The van der Waals surface area contributed by atoms with E-state index in [4.69, 9.17) is 11.6 Å². The molecule has 1 aromatic carbocycles. The van der Waals surface area contributed by atoms with Gasteiger partial charge in [0, 0.05) is 5.69 Å². The molecular weight excluding hydrogens is 267 g/mol. The Morgan fingerprint density at radius 3 is 2.39 bits per heavy atom. The van der Waals surface area contributed by atoms with Crippen molar-refractivity contribution in [3.8, 4) is 0 Å². The van der Waals surface area contributed by atoms with Crippen molar-refractivity contribution in [2.45, 2.75) is 18.0 Å². The number of alkyl halides is 4. The van der Waals surface area contributed by atoms with Gasteiger partial charge >= 0.3 is 6.18 Å². The number of halogens is 4. The first kappa shape index (κ1) is 13.2. The molecule has 0 aliphatic heterocycles. The molecule has 1 N–H and O–H groups in total. The van der Waals surface area contributed by atoms with Crippen LogP contribution in [0.25, 0.3) is 0 Å². The Morgan fingerprint density at radius 2 is 1.89 bits per heavy atom. The highest BCUT2D eigenvalue weighted by Crippen LogP contribution is 2.48. The molecule has 1 saturated carbocycles. The molecule has 1 aliphatic carbocycles. The third-order valence-corrected chi connectivity index (χ3v) is 3.68. The van der Waals surface area contributed by atoms with Crippen LogP contribution >= 0.6 is 11.6 Å². The fourth-order valence-corrected chi connectivity index (χ4v) is 2.40. The first-order chi connectivity index (χ1) is 8.39. The molecule has 18 heavy (non-hydrogen) atoms. The molecule has 1 aromatic rings. The van der Waals surface area contributed by atoms with Gasteiger partial charge in [0.25, 0.3) is 0 Å². The van der Waals surface area contributed by atoms with E-state index in [0.29, 0.717) is 5.69 Å². The summed E-state index contributed by atoms with van der Waals surface area (Å²) in [5, 5.41) is 1.38. The fourth-order valence-electron chi connectivity index (χ4n) is 1.94. The van der Waals surface area contributed by atoms with Crippen molar-refractivity contribution in [1.82, 2.24) is 0 Å². The summed E-state index contributed by atoms with van der Waals surface area (Å²) in [7, 11) is 0. The maximum atomic E-state index is 12.4. The summed E-state index contributed by atoms with van der Waals surface area (Å²) in [5.41, 5.74) is 0.557. The van der Waals surface area contributed by atoms with E-state index in [-0.39, 0.29) is 6.42 Å². The Kier molecular flexibility index (Phi) is 3.52. The molecule has 98 valence electrons. The van der Waals surface area contributed by atoms with E-state index < -0.39 is 29.3 Å². The number of amides is 1. The molecule has 6 heteroatoms. The lowest BCUT2D eigenvalue weighted by molar-refractivity contribution is -0.201. The molecule has 1 aliphatic rings. The Hall–Kier alpha value is -1.23. The van der Waals surface area contributed by atoms with Gasteiger partial charge in [-0.2, -0.15) is 13.2 Å². The van der Waals surface area contributed by atoms with Crippen molar-refractivity contribution >= 4 is 23.2 Å². The molecule has 0 aromatic heterocycles. The molecular formula is C12H11ClF3NO. The second kappa shape index (κ2) is 4.80. The second-order valence-corrected chi connectivity index (χ2v) is 4.79. The highest BCUT2D eigenvalue weighted by Gasteiger charge is 2.56. The molecule has 2 nitrogen and oxygen atoms in total. The molecule has 0 spiro atoms. The van der Waals surface area contributed by atoms with Crippen LogP contribution in [-0.4, -0.2) is 17.5 Å². The predicted octanol–water partition coefficient (Wildman–Crippen LogP) is 3.43. The number of hydrogen-bond donors (Lipinski definition) is 1. The molecule has 1 fully saturated rings. The summed E-state index contributed by atoms with van der Waals surface area (Å²) in [4.78, 5) is 11.7. The molecule has 3 unspecified atom stereocenters. The summed E-state index contributed by atoms with van der Waals surface area (Å²) < 4.78 is 37.2. The minimum absolute atomic E-state index is 0.240. The van der Waals surface area contributed by atoms with E-state index in [0.717, 1.165) is 0 Å². The van der Waals surface area contributed by atoms with Crippen LogP contribution in [0.1, 0.15) is 6.42 Å². The van der Waals surface area contributed by atoms with Gasteiger partial charge in [-0.05, 0) is 18.6 Å². The number of hydrogen-bond acceptors (Lipinski definition) is 1. The summed E-state index contributed by atoms with van der Waals surface area (Å²) in [6, 6.07) is 8.57. The fraction of sp³-hybridized carbons (Fsp3) is 0.417. The van der Waals surface area contributed by atoms with E-state index in [1.807, 2.05) is 0 Å². The third-order valence-electron chi connectivity index (χ3n) is 3.08. The van der Waals surface area contributed by atoms with Crippen LogP contribution in [-0.2, 0) is 4.79 Å². The van der Waals surface area contributed by atoms with Crippen LogP contribution in [0.15, 0.2) is 30.3 Å². The van der Waals surface area contributed by atoms with Crippen LogP contribution in [0.5, 0.6) is 0 Å². The highest BCUT2D eigenvalue weighted by atomic mass is 35.5. The van der Waals surface area contributed by atoms with Gasteiger partial charge in [-0.3, -0.25) is 4.79 Å². The lowest BCUT2D eigenvalue weighted by atomic mass is 9.73. The zero-order valence-electron chi connectivity index (χ0n) is 9.25. The molecule has 0 radical (unpaired) electrons. The molecule has 0 saturated heterocycles.